The molecule has 1 saturated heterocycles. The molecule has 1 aliphatic rings. The van der Waals surface area contributed by atoms with Gasteiger partial charge in [-0.3, -0.25) is 5.43 Å². The molecule has 0 atom stereocenters. The summed E-state index contributed by atoms with van der Waals surface area (Å²) in [6.45, 7) is 1.85. The number of aliphatic hydroxyl groups is 1. The summed E-state index contributed by atoms with van der Waals surface area (Å²) in [5.41, 5.74) is 4.71. The Hall–Kier alpha value is -3.11. The van der Waals surface area contributed by atoms with Gasteiger partial charge in [0, 0.05) is 19.2 Å². The van der Waals surface area contributed by atoms with E-state index in [0.29, 0.717) is 10.9 Å². The third-order valence-electron chi connectivity index (χ3n) is 4.50. The highest BCUT2D eigenvalue weighted by molar-refractivity contribution is 7.80. The molecule has 0 aliphatic carbocycles. The smallest absolute Gasteiger partial charge is 0.343 e. The number of nitro groups is 1. The Morgan fingerprint density at radius 1 is 1.28 bits per heavy atom. The van der Waals surface area contributed by atoms with Gasteiger partial charge in [0.25, 0.3) is 0 Å². The first-order valence-electron chi connectivity index (χ1n) is 9.25. The van der Waals surface area contributed by atoms with Crippen LogP contribution in [0.5, 0.6) is 0 Å². The molecular weight excluding hydrogens is 392 g/mol. The second-order valence-corrected chi connectivity index (χ2v) is 6.86. The van der Waals surface area contributed by atoms with Gasteiger partial charge in [-0.1, -0.05) is 24.3 Å². The molecule has 0 saturated carbocycles. The SMILES string of the molecule is O=[N+]([O-])c1cnc(/C=C/c2ccc(/C=N/NC(=S)N3CCCC3)cc2)n1CCO. The van der Waals surface area contributed by atoms with E-state index in [1.165, 1.54) is 10.8 Å². The number of likely N-dealkylation sites (tertiary alicyclic amines) is 1. The molecule has 0 radical (unpaired) electrons. The van der Waals surface area contributed by atoms with Crippen molar-refractivity contribution in [2.45, 2.75) is 19.4 Å². The lowest BCUT2D eigenvalue weighted by atomic mass is 10.1. The highest BCUT2D eigenvalue weighted by Gasteiger charge is 2.17. The van der Waals surface area contributed by atoms with E-state index >= 15 is 0 Å². The highest BCUT2D eigenvalue weighted by Crippen LogP contribution is 2.16. The number of benzene rings is 1. The van der Waals surface area contributed by atoms with E-state index in [-0.39, 0.29) is 19.0 Å². The van der Waals surface area contributed by atoms with Crippen LogP contribution in [0.25, 0.3) is 12.2 Å². The second kappa shape index (κ2) is 9.89. The van der Waals surface area contributed by atoms with Crippen LogP contribution < -0.4 is 5.43 Å². The molecule has 152 valence electrons. The minimum atomic E-state index is -0.516. The average Bonchev–Trinajstić information content (AvgIpc) is 3.38. The Morgan fingerprint density at radius 3 is 2.62 bits per heavy atom. The summed E-state index contributed by atoms with van der Waals surface area (Å²) < 4.78 is 1.37. The number of imidazole rings is 1. The first kappa shape index (κ1) is 20.6. The number of aromatic nitrogens is 2. The molecule has 1 fully saturated rings. The van der Waals surface area contributed by atoms with Crippen molar-refractivity contribution in [2.75, 3.05) is 19.7 Å². The van der Waals surface area contributed by atoms with Gasteiger partial charge >= 0.3 is 5.82 Å². The first-order chi connectivity index (χ1) is 14.1. The van der Waals surface area contributed by atoms with Crippen molar-refractivity contribution < 1.29 is 10.0 Å². The summed E-state index contributed by atoms with van der Waals surface area (Å²) in [5.74, 6) is 0.264. The molecule has 9 nitrogen and oxygen atoms in total. The zero-order chi connectivity index (χ0) is 20.6. The number of aliphatic hydroxyl groups excluding tert-OH is 1. The molecule has 0 spiro atoms. The van der Waals surface area contributed by atoms with Crippen LogP contribution in [-0.4, -0.2) is 55.5 Å². The van der Waals surface area contributed by atoms with Gasteiger partial charge in [-0.25, -0.2) is 9.55 Å². The zero-order valence-corrected chi connectivity index (χ0v) is 16.6. The Labute approximate surface area is 173 Å². The maximum Gasteiger partial charge on any atom is 0.343 e. The predicted molar refractivity (Wildman–Crippen MR) is 115 cm³/mol. The predicted octanol–water partition coefficient (Wildman–Crippen LogP) is 2.26. The number of hydrazone groups is 1. The Kier molecular flexibility index (Phi) is 7.04. The Balaban J connectivity index is 1.61. The molecule has 10 heteroatoms. The lowest BCUT2D eigenvalue weighted by Gasteiger charge is -2.16. The summed E-state index contributed by atoms with van der Waals surface area (Å²) in [6.07, 6.45) is 8.70. The monoisotopic (exact) mass is 414 g/mol. The quantitative estimate of drug-likeness (QED) is 0.310. The van der Waals surface area contributed by atoms with Crippen LogP contribution in [0.4, 0.5) is 5.82 Å². The number of thiocarbonyl (C=S) groups is 1. The van der Waals surface area contributed by atoms with Gasteiger partial charge in [-0.2, -0.15) is 5.10 Å². The van der Waals surface area contributed by atoms with Crippen LogP contribution >= 0.6 is 12.2 Å². The summed E-state index contributed by atoms with van der Waals surface area (Å²) >= 11 is 5.30. The van der Waals surface area contributed by atoms with Gasteiger partial charge in [0.1, 0.15) is 12.7 Å². The minimum absolute atomic E-state index is 0.109. The molecule has 2 heterocycles. The van der Waals surface area contributed by atoms with Crippen molar-refractivity contribution >= 4 is 41.5 Å². The van der Waals surface area contributed by atoms with Crippen molar-refractivity contribution in [3.05, 3.63) is 57.5 Å². The van der Waals surface area contributed by atoms with Crippen molar-refractivity contribution in [2.24, 2.45) is 5.10 Å². The number of hydrogen-bond donors (Lipinski definition) is 2. The van der Waals surface area contributed by atoms with E-state index in [1.54, 1.807) is 12.3 Å². The van der Waals surface area contributed by atoms with Gasteiger partial charge in [0.2, 0.25) is 5.82 Å². The lowest BCUT2D eigenvalue weighted by Crippen LogP contribution is -2.34. The van der Waals surface area contributed by atoms with Crippen LogP contribution in [0.15, 0.2) is 35.6 Å². The molecule has 0 unspecified atom stereocenters. The fraction of sp³-hybridized carbons (Fsp3) is 0.316. The van der Waals surface area contributed by atoms with Crippen LogP contribution in [0, 0.1) is 10.1 Å². The fourth-order valence-electron chi connectivity index (χ4n) is 3.01. The van der Waals surface area contributed by atoms with Crippen LogP contribution in [-0.2, 0) is 6.54 Å². The van der Waals surface area contributed by atoms with E-state index in [9.17, 15) is 10.1 Å². The second-order valence-electron chi connectivity index (χ2n) is 6.48. The Bertz CT molecular complexity index is 917. The van der Waals surface area contributed by atoms with Crippen LogP contribution in [0.1, 0.15) is 29.8 Å². The third kappa shape index (κ3) is 5.46. The molecule has 3 rings (SSSR count). The van der Waals surface area contributed by atoms with Gasteiger partial charge < -0.3 is 20.1 Å². The van der Waals surface area contributed by atoms with Gasteiger partial charge in [-0.15, -0.1) is 0 Å². The molecule has 1 aromatic carbocycles. The van der Waals surface area contributed by atoms with E-state index in [2.05, 4.69) is 20.4 Å². The molecule has 0 amide bonds. The topological polar surface area (TPSA) is 109 Å². The maximum atomic E-state index is 11.0. The Morgan fingerprint density at radius 2 is 1.97 bits per heavy atom. The molecule has 2 N–H and O–H groups in total. The summed E-state index contributed by atoms with van der Waals surface area (Å²) in [7, 11) is 0. The van der Waals surface area contributed by atoms with Gasteiger partial charge in [0.05, 0.1) is 12.8 Å². The van der Waals surface area contributed by atoms with E-state index < -0.39 is 4.92 Å². The standard InChI is InChI=1S/C19H22N6O3S/c26-12-11-24-17(20-14-18(24)25(27)28)8-7-15-3-5-16(6-4-15)13-21-22-19(29)23-9-1-2-10-23/h3-8,13-14,26H,1-2,9-12H2,(H,22,29)/b8-7+,21-13+. The minimum Gasteiger partial charge on any atom is -0.392 e. The number of hydrogen-bond acceptors (Lipinski definition) is 6. The molecule has 0 bridgehead atoms. The maximum absolute atomic E-state index is 11.0. The first-order valence-corrected chi connectivity index (χ1v) is 9.66. The summed E-state index contributed by atoms with van der Waals surface area (Å²) in [6, 6.07) is 7.63. The number of nitrogens with zero attached hydrogens (tertiary/aromatic N) is 5. The molecular formula is C19H22N6O3S. The zero-order valence-electron chi connectivity index (χ0n) is 15.8. The number of rotatable bonds is 7. The normalized spacial score (nSPS) is 14.2. The van der Waals surface area contributed by atoms with Crippen molar-refractivity contribution in [1.29, 1.82) is 0 Å². The van der Waals surface area contributed by atoms with Crippen molar-refractivity contribution in [1.82, 2.24) is 19.9 Å². The lowest BCUT2D eigenvalue weighted by molar-refractivity contribution is -0.392. The van der Waals surface area contributed by atoms with Gasteiger partial charge in [-0.05, 0) is 47.2 Å². The van der Waals surface area contributed by atoms with Crippen LogP contribution in [0.2, 0.25) is 0 Å². The van der Waals surface area contributed by atoms with Crippen molar-refractivity contribution in [3.63, 3.8) is 0 Å². The molecule has 1 aliphatic heterocycles. The molecule has 2 aromatic rings. The number of nitrogens with one attached hydrogen (secondary N) is 1. The van der Waals surface area contributed by atoms with Crippen molar-refractivity contribution in [3.8, 4) is 0 Å². The summed E-state index contributed by atoms with van der Waals surface area (Å²) in [5, 5.41) is 25.0. The molecule has 29 heavy (non-hydrogen) atoms. The van der Waals surface area contributed by atoms with Gasteiger partial charge in [0.15, 0.2) is 5.11 Å². The third-order valence-corrected chi connectivity index (χ3v) is 4.85. The van der Waals surface area contributed by atoms with E-state index in [0.717, 1.165) is 37.1 Å². The average molecular weight is 414 g/mol. The summed E-state index contributed by atoms with van der Waals surface area (Å²) in [4.78, 5) is 16.7. The highest BCUT2D eigenvalue weighted by atomic mass is 32.1. The fourth-order valence-corrected chi connectivity index (χ4v) is 3.24. The van der Waals surface area contributed by atoms with Crippen LogP contribution in [0.3, 0.4) is 0 Å². The van der Waals surface area contributed by atoms with E-state index in [4.69, 9.17) is 17.3 Å². The molecule has 1 aromatic heterocycles. The largest absolute Gasteiger partial charge is 0.392 e. The van der Waals surface area contributed by atoms with E-state index in [1.807, 2.05) is 30.3 Å².